The van der Waals surface area contributed by atoms with E-state index >= 15 is 0 Å². The van der Waals surface area contributed by atoms with Crippen molar-refractivity contribution in [2.75, 3.05) is 25.0 Å². The fraction of sp³-hybridized carbons (Fsp3) is 0.545. The number of hydrogen-bond donors (Lipinski definition) is 1. The summed E-state index contributed by atoms with van der Waals surface area (Å²) in [4.78, 5) is 13.6. The van der Waals surface area contributed by atoms with Crippen LogP contribution in [0.5, 0.6) is 0 Å². The van der Waals surface area contributed by atoms with E-state index in [1.165, 1.54) is 0 Å². The lowest BCUT2D eigenvalue weighted by molar-refractivity contribution is -0.128. The van der Waals surface area contributed by atoms with Crippen molar-refractivity contribution >= 4 is 11.7 Å². The average molecular weight is 220 g/mol. The molecule has 1 amide bonds. The summed E-state index contributed by atoms with van der Waals surface area (Å²) in [7, 11) is 0. The van der Waals surface area contributed by atoms with Crippen LogP contribution in [0, 0.1) is 6.92 Å². The highest BCUT2D eigenvalue weighted by Gasteiger charge is 2.17. The van der Waals surface area contributed by atoms with Crippen molar-refractivity contribution in [3.05, 3.63) is 17.8 Å². The van der Waals surface area contributed by atoms with Crippen LogP contribution >= 0.6 is 0 Å². The van der Waals surface area contributed by atoms with Gasteiger partial charge in [-0.05, 0) is 31.9 Å². The number of nitrogens with one attached hydrogen (secondary N) is 1. The predicted octanol–water partition coefficient (Wildman–Crippen LogP) is 0.819. The molecule has 0 atom stereocenters. The van der Waals surface area contributed by atoms with Crippen molar-refractivity contribution < 1.29 is 4.79 Å². The first kappa shape index (κ1) is 10.9. The van der Waals surface area contributed by atoms with Gasteiger partial charge in [-0.1, -0.05) is 0 Å². The van der Waals surface area contributed by atoms with Crippen LogP contribution in [-0.4, -0.2) is 40.6 Å². The van der Waals surface area contributed by atoms with E-state index < -0.39 is 0 Å². The van der Waals surface area contributed by atoms with Crippen LogP contribution in [0.3, 0.4) is 0 Å². The smallest absolute Gasteiger partial charge is 0.241 e. The van der Waals surface area contributed by atoms with Crippen LogP contribution in [0.15, 0.2) is 12.1 Å². The predicted molar refractivity (Wildman–Crippen MR) is 61.1 cm³/mol. The number of carbonyl (C=O) groups is 1. The molecule has 1 saturated heterocycles. The van der Waals surface area contributed by atoms with Gasteiger partial charge < -0.3 is 10.2 Å². The van der Waals surface area contributed by atoms with Crippen LogP contribution in [0.25, 0.3) is 0 Å². The van der Waals surface area contributed by atoms with E-state index in [1.54, 1.807) is 0 Å². The summed E-state index contributed by atoms with van der Waals surface area (Å²) >= 11 is 0. The molecule has 1 aromatic heterocycles. The molecule has 0 unspecified atom stereocenters. The Balaban J connectivity index is 1.82. The molecule has 1 fully saturated rings. The second-order valence-corrected chi connectivity index (χ2v) is 4.00. The summed E-state index contributed by atoms with van der Waals surface area (Å²) in [5.41, 5.74) is 0.872. The molecule has 0 bridgehead atoms. The monoisotopic (exact) mass is 220 g/mol. The third kappa shape index (κ3) is 2.68. The molecular formula is C11H16N4O. The molecule has 2 rings (SSSR count). The van der Waals surface area contributed by atoms with Crippen LogP contribution in [-0.2, 0) is 4.79 Å². The van der Waals surface area contributed by atoms with Gasteiger partial charge in [0, 0.05) is 13.1 Å². The van der Waals surface area contributed by atoms with Gasteiger partial charge >= 0.3 is 0 Å². The number of nitrogens with zero attached hydrogens (tertiary/aromatic N) is 3. The zero-order valence-corrected chi connectivity index (χ0v) is 9.44. The van der Waals surface area contributed by atoms with Gasteiger partial charge in [0.25, 0.3) is 0 Å². The lowest BCUT2D eigenvalue weighted by Gasteiger charge is -2.15. The average Bonchev–Trinajstić information content (AvgIpc) is 2.81. The normalized spacial score (nSPS) is 15.2. The number of rotatable bonds is 3. The third-order valence-corrected chi connectivity index (χ3v) is 2.68. The SMILES string of the molecule is Cc1ccc(NCC(=O)N2CCCC2)nn1. The lowest BCUT2D eigenvalue weighted by atomic mass is 10.4. The molecular weight excluding hydrogens is 204 g/mol. The minimum absolute atomic E-state index is 0.139. The number of amides is 1. The van der Waals surface area contributed by atoms with E-state index in [0.29, 0.717) is 12.4 Å². The Kier molecular flexibility index (Phi) is 3.34. The number of likely N-dealkylation sites (tertiary alicyclic amines) is 1. The molecule has 0 aromatic carbocycles. The van der Waals surface area contributed by atoms with Gasteiger partial charge in [-0.25, -0.2) is 0 Å². The second-order valence-electron chi connectivity index (χ2n) is 4.00. The molecule has 86 valence electrons. The van der Waals surface area contributed by atoms with Crippen LogP contribution in [0.2, 0.25) is 0 Å². The van der Waals surface area contributed by atoms with Gasteiger partial charge in [-0.15, -0.1) is 5.10 Å². The summed E-state index contributed by atoms with van der Waals surface area (Å²) in [5.74, 6) is 0.790. The third-order valence-electron chi connectivity index (χ3n) is 2.68. The van der Waals surface area contributed by atoms with E-state index in [1.807, 2.05) is 24.0 Å². The quantitative estimate of drug-likeness (QED) is 0.819. The standard InChI is InChI=1S/C11H16N4O/c1-9-4-5-10(14-13-9)12-8-11(16)15-6-2-3-7-15/h4-5H,2-3,6-8H2,1H3,(H,12,14). The van der Waals surface area contributed by atoms with E-state index in [9.17, 15) is 4.79 Å². The molecule has 16 heavy (non-hydrogen) atoms. The van der Waals surface area contributed by atoms with Crippen LogP contribution in [0.1, 0.15) is 18.5 Å². The highest BCUT2D eigenvalue weighted by Crippen LogP contribution is 2.08. The minimum atomic E-state index is 0.139. The molecule has 5 heteroatoms. The van der Waals surface area contributed by atoms with Crippen molar-refractivity contribution in [1.29, 1.82) is 0 Å². The topological polar surface area (TPSA) is 58.1 Å². The van der Waals surface area contributed by atoms with Gasteiger partial charge in [0.05, 0.1) is 12.2 Å². The second kappa shape index (κ2) is 4.92. The van der Waals surface area contributed by atoms with Gasteiger partial charge in [-0.2, -0.15) is 5.10 Å². The van der Waals surface area contributed by atoms with Crippen molar-refractivity contribution in [3.8, 4) is 0 Å². The Morgan fingerprint density at radius 2 is 2.12 bits per heavy atom. The minimum Gasteiger partial charge on any atom is -0.360 e. The van der Waals surface area contributed by atoms with E-state index in [4.69, 9.17) is 0 Å². The lowest BCUT2D eigenvalue weighted by Crippen LogP contribution is -2.33. The Bertz CT molecular complexity index is 357. The summed E-state index contributed by atoms with van der Waals surface area (Å²) in [6, 6.07) is 3.70. The molecule has 0 aliphatic carbocycles. The van der Waals surface area contributed by atoms with Gasteiger partial charge in [0.2, 0.25) is 5.91 Å². The van der Waals surface area contributed by atoms with Crippen molar-refractivity contribution in [2.45, 2.75) is 19.8 Å². The van der Waals surface area contributed by atoms with Gasteiger partial charge in [-0.3, -0.25) is 4.79 Å². The molecule has 0 spiro atoms. The summed E-state index contributed by atoms with van der Waals surface area (Å²) in [5, 5.41) is 10.8. The molecule has 1 N–H and O–H groups in total. The van der Waals surface area contributed by atoms with E-state index in [2.05, 4.69) is 15.5 Å². The van der Waals surface area contributed by atoms with Gasteiger partial charge in [0.1, 0.15) is 5.82 Å². The van der Waals surface area contributed by atoms with E-state index in [-0.39, 0.29) is 5.91 Å². The van der Waals surface area contributed by atoms with Crippen molar-refractivity contribution in [1.82, 2.24) is 15.1 Å². The number of hydrogen-bond acceptors (Lipinski definition) is 4. The maximum atomic E-state index is 11.7. The number of carbonyl (C=O) groups excluding carboxylic acids is 1. The van der Waals surface area contributed by atoms with Crippen molar-refractivity contribution in [3.63, 3.8) is 0 Å². The molecule has 0 radical (unpaired) electrons. The number of aromatic nitrogens is 2. The fourth-order valence-corrected chi connectivity index (χ4v) is 1.74. The first-order valence-electron chi connectivity index (χ1n) is 5.58. The van der Waals surface area contributed by atoms with Gasteiger partial charge in [0.15, 0.2) is 0 Å². The highest BCUT2D eigenvalue weighted by molar-refractivity contribution is 5.80. The maximum absolute atomic E-state index is 11.7. The Labute approximate surface area is 94.9 Å². The Morgan fingerprint density at radius 3 is 2.75 bits per heavy atom. The summed E-state index contributed by atoms with van der Waals surface area (Å²) < 4.78 is 0. The number of aryl methyl sites for hydroxylation is 1. The summed E-state index contributed by atoms with van der Waals surface area (Å²) in [6.45, 7) is 3.96. The zero-order valence-electron chi connectivity index (χ0n) is 9.44. The largest absolute Gasteiger partial charge is 0.360 e. The number of anilines is 1. The zero-order chi connectivity index (χ0) is 11.4. The summed E-state index contributed by atoms with van der Waals surface area (Å²) in [6.07, 6.45) is 2.24. The Morgan fingerprint density at radius 1 is 1.38 bits per heavy atom. The highest BCUT2D eigenvalue weighted by atomic mass is 16.2. The first-order chi connectivity index (χ1) is 7.75. The molecule has 1 aromatic rings. The van der Waals surface area contributed by atoms with Crippen LogP contribution < -0.4 is 5.32 Å². The maximum Gasteiger partial charge on any atom is 0.241 e. The molecule has 0 saturated carbocycles. The van der Waals surface area contributed by atoms with E-state index in [0.717, 1.165) is 31.6 Å². The fourth-order valence-electron chi connectivity index (χ4n) is 1.74. The Hall–Kier alpha value is -1.65. The van der Waals surface area contributed by atoms with Crippen molar-refractivity contribution in [2.24, 2.45) is 0 Å². The molecule has 1 aliphatic heterocycles. The van der Waals surface area contributed by atoms with Crippen LogP contribution in [0.4, 0.5) is 5.82 Å². The first-order valence-corrected chi connectivity index (χ1v) is 5.58. The molecule has 1 aliphatic rings. The molecule has 5 nitrogen and oxygen atoms in total. The molecule has 2 heterocycles.